The number of aromatic nitrogens is 1. The van der Waals surface area contributed by atoms with Crippen molar-refractivity contribution >= 4 is 39.1 Å². The molecule has 1 aromatic heterocycles. The number of para-hydroxylation sites is 1. The average molecular weight is 442 g/mol. The Morgan fingerprint density at radius 1 is 1.18 bits per heavy atom. The molecule has 5 nitrogen and oxygen atoms in total. The van der Waals surface area contributed by atoms with Gasteiger partial charge in [-0.3, -0.25) is 4.99 Å². The first kappa shape index (κ1) is 20.1. The SMILES string of the molecule is CC(C)(C)OC(=O)NCC(N=Cc1ccccc1)c1c(Br)[nH]c2ccccc12. The quantitative estimate of drug-likeness (QED) is 0.504. The minimum atomic E-state index is -0.547. The maximum Gasteiger partial charge on any atom is 0.407 e. The third-order valence-electron chi connectivity index (χ3n) is 4.07. The van der Waals surface area contributed by atoms with Crippen molar-refractivity contribution in [2.24, 2.45) is 4.99 Å². The van der Waals surface area contributed by atoms with Crippen molar-refractivity contribution in [3.63, 3.8) is 0 Å². The molecule has 0 fully saturated rings. The average Bonchev–Trinajstić information content (AvgIpc) is 2.97. The summed E-state index contributed by atoms with van der Waals surface area (Å²) in [6, 6.07) is 17.6. The van der Waals surface area contributed by atoms with Gasteiger partial charge >= 0.3 is 6.09 Å². The van der Waals surface area contributed by atoms with Crippen LogP contribution >= 0.6 is 15.9 Å². The highest BCUT2D eigenvalue weighted by Crippen LogP contribution is 2.33. The normalized spacial score (nSPS) is 13.0. The Morgan fingerprint density at radius 3 is 2.57 bits per heavy atom. The fourth-order valence-corrected chi connectivity index (χ4v) is 3.59. The molecule has 0 saturated heterocycles. The molecule has 3 aromatic rings. The summed E-state index contributed by atoms with van der Waals surface area (Å²) in [5, 5.41) is 3.91. The number of hydrogen-bond donors (Lipinski definition) is 2. The van der Waals surface area contributed by atoms with Crippen LogP contribution in [0.25, 0.3) is 10.9 Å². The molecule has 146 valence electrons. The van der Waals surface area contributed by atoms with Crippen LogP contribution in [-0.2, 0) is 4.74 Å². The van der Waals surface area contributed by atoms with E-state index in [1.54, 1.807) is 0 Å². The summed E-state index contributed by atoms with van der Waals surface area (Å²) in [6.07, 6.45) is 1.37. The van der Waals surface area contributed by atoms with Gasteiger partial charge in [0.25, 0.3) is 0 Å². The number of alkyl carbamates (subject to hydrolysis) is 1. The van der Waals surface area contributed by atoms with Gasteiger partial charge in [-0.1, -0.05) is 48.5 Å². The van der Waals surface area contributed by atoms with Gasteiger partial charge < -0.3 is 15.0 Å². The number of H-pyrrole nitrogens is 1. The van der Waals surface area contributed by atoms with E-state index >= 15 is 0 Å². The Balaban J connectivity index is 1.89. The van der Waals surface area contributed by atoms with E-state index in [1.807, 2.05) is 81.6 Å². The summed E-state index contributed by atoms with van der Waals surface area (Å²) in [4.78, 5) is 20.3. The molecule has 28 heavy (non-hydrogen) atoms. The molecule has 1 unspecified atom stereocenters. The van der Waals surface area contributed by atoms with Crippen molar-refractivity contribution in [3.8, 4) is 0 Å². The predicted octanol–water partition coefficient (Wildman–Crippen LogP) is 5.62. The Hall–Kier alpha value is -2.60. The fourth-order valence-electron chi connectivity index (χ4n) is 2.90. The molecular formula is C22H24BrN3O2. The second-order valence-corrected chi connectivity index (χ2v) is 8.28. The van der Waals surface area contributed by atoms with Crippen LogP contribution in [0.3, 0.4) is 0 Å². The number of hydrogen-bond acceptors (Lipinski definition) is 3. The minimum Gasteiger partial charge on any atom is -0.444 e. The first-order valence-corrected chi connectivity index (χ1v) is 9.94. The molecule has 0 bridgehead atoms. The summed E-state index contributed by atoms with van der Waals surface area (Å²) in [5.74, 6) is 0. The first-order valence-electron chi connectivity index (χ1n) is 9.14. The lowest BCUT2D eigenvalue weighted by Gasteiger charge is -2.21. The maximum absolute atomic E-state index is 12.2. The van der Waals surface area contributed by atoms with Crippen LogP contribution in [0.1, 0.15) is 37.9 Å². The van der Waals surface area contributed by atoms with Crippen LogP contribution in [-0.4, -0.2) is 29.4 Å². The molecule has 0 aliphatic rings. The van der Waals surface area contributed by atoms with Gasteiger partial charge in [0.15, 0.2) is 0 Å². The summed E-state index contributed by atoms with van der Waals surface area (Å²) in [7, 11) is 0. The van der Waals surface area contributed by atoms with E-state index in [1.165, 1.54) is 0 Å². The summed E-state index contributed by atoms with van der Waals surface area (Å²) < 4.78 is 6.22. The number of rotatable bonds is 5. The Morgan fingerprint density at radius 2 is 1.86 bits per heavy atom. The molecule has 0 aliphatic carbocycles. The number of ether oxygens (including phenoxy) is 1. The van der Waals surface area contributed by atoms with Gasteiger partial charge in [-0.2, -0.15) is 0 Å². The number of carbonyl (C=O) groups is 1. The molecule has 1 amide bonds. The molecule has 0 spiro atoms. The standard InChI is InChI=1S/C22H24BrN3O2/c1-22(2,3)28-21(27)25-14-18(24-13-15-9-5-4-6-10-15)19-16-11-7-8-12-17(16)26-20(19)23/h4-13,18,26H,14H2,1-3H3,(H,25,27). The smallest absolute Gasteiger partial charge is 0.407 e. The Labute approximate surface area is 173 Å². The molecule has 1 heterocycles. The zero-order valence-electron chi connectivity index (χ0n) is 16.2. The Kier molecular flexibility index (Phi) is 6.19. The predicted molar refractivity (Wildman–Crippen MR) is 117 cm³/mol. The van der Waals surface area contributed by atoms with Crippen LogP contribution in [0.2, 0.25) is 0 Å². The van der Waals surface area contributed by atoms with Crippen LogP contribution in [0.5, 0.6) is 0 Å². The molecule has 2 aromatic carbocycles. The van der Waals surface area contributed by atoms with Gasteiger partial charge in [-0.05, 0) is 48.3 Å². The third kappa shape index (κ3) is 5.23. The van der Waals surface area contributed by atoms with Crippen LogP contribution in [0, 0.1) is 0 Å². The summed E-state index contributed by atoms with van der Waals surface area (Å²) >= 11 is 3.62. The van der Waals surface area contributed by atoms with E-state index in [0.29, 0.717) is 6.54 Å². The molecular weight excluding hydrogens is 418 g/mol. The zero-order valence-corrected chi connectivity index (χ0v) is 17.8. The second-order valence-electron chi connectivity index (χ2n) is 7.49. The fraction of sp³-hybridized carbons (Fsp3) is 0.273. The molecule has 3 rings (SSSR count). The summed E-state index contributed by atoms with van der Waals surface area (Å²) in [5.41, 5.74) is 2.47. The number of aliphatic imine (C=N–C) groups is 1. The number of carbonyl (C=O) groups excluding carboxylic acids is 1. The van der Waals surface area contributed by atoms with E-state index in [-0.39, 0.29) is 6.04 Å². The molecule has 0 aliphatic heterocycles. The van der Waals surface area contributed by atoms with Gasteiger partial charge in [0.2, 0.25) is 0 Å². The maximum atomic E-state index is 12.2. The lowest BCUT2D eigenvalue weighted by atomic mass is 10.1. The lowest BCUT2D eigenvalue weighted by Crippen LogP contribution is -2.34. The highest BCUT2D eigenvalue weighted by Gasteiger charge is 2.21. The van der Waals surface area contributed by atoms with Gasteiger partial charge in [0.1, 0.15) is 5.60 Å². The van der Waals surface area contributed by atoms with Crippen molar-refractivity contribution in [2.75, 3.05) is 6.54 Å². The van der Waals surface area contributed by atoms with Crippen LogP contribution in [0.4, 0.5) is 4.79 Å². The molecule has 2 N–H and O–H groups in total. The molecule has 0 saturated carbocycles. The van der Waals surface area contributed by atoms with Gasteiger partial charge in [-0.25, -0.2) is 4.79 Å². The van der Waals surface area contributed by atoms with Crippen molar-refractivity contribution < 1.29 is 9.53 Å². The van der Waals surface area contributed by atoms with Crippen molar-refractivity contribution in [3.05, 3.63) is 70.3 Å². The number of nitrogens with one attached hydrogen (secondary N) is 2. The van der Waals surface area contributed by atoms with E-state index < -0.39 is 11.7 Å². The molecule has 6 heteroatoms. The largest absolute Gasteiger partial charge is 0.444 e. The first-order chi connectivity index (χ1) is 13.3. The topological polar surface area (TPSA) is 66.5 Å². The van der Waals surface area contributed by atoms with E-state index in [2.05, 4.69) is 26.2 Å². The van der Waals surface area contributed by atoms with Crippen molar-refractivity contribution in [1.82, 2.24) is 10.3 Å². The van der Waals surface area contributed by atoms with Gasteiger partial charge in [0, 0.05) is 29.2 Å². The number of fused-ring (bicyclic) bond motifs is 1. The number of halogens is 1. The van der Waals surface area contributed by atoms with Crippen molar-refractivity contribution in [2.45, 2.75) is 32.4 Å². The number of aromatic amines is 1. The van der Waals surface area contributed by atoms with E-state index in [4.69, 9.17) is 9.73 Å². The van der Waals surface area contributed by atoms with Crippen LogP contribution < -0.4 is 5.32 Å². The lowest BCUT2D eigenvalue weighted by molar-refractivity contribution is 0.0525. The van der Waals surface area contributed by atoms with E-state index in [0.717, 1.165) is 26.6 Å². The number of amides is 1. The van der Waals surface area contributed by atoms with Crippen LogP contribution in [0.15, 0.2) is 64.2 Å². The minimum absolute atomic E-state index is 0.279. The molecule has 0 radical (unpaired) electrons. The monoisotopic (exact) mass is 441 g/mol. The highest BCUT2D eigenvalue weighted by atomic mass is 79.9. The number of nitrogens with zero attached hydrogens (tertiary/aromatic N) is 1. The Bertz CT molecular complexity index is 974. The molecule has 1 atom stereocenters. The van der Waals surface area contributed by atoms with E-state index in [9.17, 15) is 4.79 Å². The van der Waals surface area contributed by atoms with Gasteiger partial charge in [0.05, 0.1) is 10.6 Å². The summed E-state index contributed by atoms with van der Waals surface area (Å²) in [6.45, 7) is 5.84. The zero-order chi connectivity index (χ0) is 20.1. The highest BCUT2D eigenvalue weighted by molar-refractivity contribution is 9.10. The van der Waals surface area contributed by atoms with Gasteiger partial charge in [-0.15, -0.1) is 0 Å². The third-order valence-corrected chi connectivity index (χ3v) is 4.70. The van der Waals surface area contributed by atoms with Crippen molar-refractivity contribution in [1.29, 1.82) is 0 Å². The number of benzene rings is 2. The second kappa shape index (κ2) is 8.61.